The normalized spacial score (nSPS) is 19.7. The summed E-state index contributed by atoms with van der Waals surface area (Å²) in [6.07, 6.45) is 3.90. The number of ether oxygens (including phenoxy) is 3. The van der Waals surface area contributed by atoms with E-state index in [0.29, 0.717) is 19.3 Å². The number of unbranched alkanes of at least 4 members (excludes halogenated alkanes) is 1. The van der Waals surface area contributed by atoms with Crippen LogP contribution in [-0.4, -0.2) is 42.5 Å². The predicted molar refractivity (Wildman–Crippen MR) is 101 cm³/mol. The maximum absolute atomic E-state index is 6.07. The Kier molecular flexibility index (Phi) is 7.91. The molecular formula is C19H32O6Si. The molecule has 0 saturated carbocycles. The molecule has 1 aliphatic rings. The number of fused-ring (bicyclic) bond motifs is 1. The molecular weight excluding hydrogens is 352 g/mol. The van der Waals surface area contributed by atoms with Gasteiger partial charge < -0.3 is 27.5 Å². The van der Waals surface area contributed by atoms with E-state index in [9.17, 15) is 0 Å². The van der Waals surface area contributed by atoms with Crippen molar-refractivity contribution < 1.29 is 27.5 Å². The fourth-order valence-corrected chi connectivity index (χ4v) is 4.70. The van der Waals surface area contributed by atoms with Gasteiger partial charge in [0.25, 0.3) is 0 Å². The summed E-state index contributed by atoms with van der Waals surface area (Å²) in [6, 6.07) is 6.61. The predicted octanol–water partition coefficient (Wildman–Crippen LogP) is 4.15. The van der Waals surface area contributed by atoms with E-state index in [-0.39, 0.29) is 0 Å². The molecule has 6 nitrogen and oxygen atoms in total. The molecule has 1 aliphatic heterocycles. The van der Waals surface area contributed by atoms with Crippen LogP contribution in [0.15, 0.2) is 18.2 Å². The van der Waals surface area contributed by atoms with Crippen LogP contribution < -0.4 is 9.47 Å². The summed E-state index contributed by atoms with van der Waals surface area (Å²) in [7, 11) is 2.34. The summed E-state index contributed by atoms with van der Waals surface area (Å²) in [4.78, 5) is 0. The average Bonchev–Trinajstić information content (AvgIpc) is 2.67. The highest BCUT2D eigenvalue weighted by Gasteiger charge is 2.37. The minimum Gasteiger partial charge on any atom is -0.494 e. The largest absolute Gasteiger partial charge is 0.500 e. The maximum atomic E-state index is 6.07. The van der Waals surface area contributed by atoms with Gasteiger partial charge in [-0.25, -0.2) is 0 Å². The van der Waals surface area contributed by atoms with Gasteiger partial charge >= 0.3 is 8.80 Å². The molecule has 0 N–H and O–H groups in total. The Morgan fingerprint density at radius 1 is 1.12 bits per heavy atom. The van der Waals surface area contributed by atoms with Crippen LogP contribution in [0.3, 0.4) is 0 Å². The molecule has 0 amide bonds. The van der Waals surface area contributed by atoms with Crippen molar-refractivity contribution in [3.05, 3.63) is 23.8 Å². The lowest BCUT2D eigenvalue weighted by atomic mass is 10.1. The Hall–Kier alpha value is -1.12. The molecule has 0 aliphatic carbocycles. The van der Waals surface area contributed by atoms with Crippen LogP contribution in [0.2, 0.25) is 6.04 Å². The fourth-order valence-electron chi connectivity index (χ4n) is 3.01. The zero-order chi connectivity index (χ0) is 19.0. The van der Waals surface area contributed by atoms with Gasteiger partial charge in [0.05, 0.1) is 13.2 Å². The van der Waals surface area contributed by atoms with E-state index in [1.807, 2.05) is 25.1 Å². The Bertz CT molecular complexity index is 555. The second-order valence-corrected chi connectivity index (χ2v) is 9.74. The first-order valence-corrected chi connectivity index (χ1v) is 11.2. The number of hydrogen-bond donors (Lipinski definition) is 0. The van der Waals surface area contributed by atoms with Gasteiger partial charge in [0, 0.05) is 46.3 Å². The van der Waals surface area contributed by atoms with Crippen LogP contribution >= 0.6 is 0 Å². The molecule has 0 aromatic heterocycles. The summed E-state index contributed by atoms with van der Waals surface area (Å²) >= 11 is 0. The molecule has 0 spiro atoms. The SMILES string of the molecule is CCCCC1(C)OCc2cc(OCCC[Si](OC)(OC)OC)ccc2O1. The van der Waals surface area contributed by atoms with Crippen molar-refractivity contribution in [1.29, 1.82) is 0 Å². The van der Waals surface area contributed by atoms with Gasteiger partial charge in [-0.1, -0.05) is 13.3 Å². The van der Waals surface area contributed by atoms with Crippen LogP contribution in [0.1, 0.15) is 45.1 Å². The van der Waals surface area contributed by atoms with Crippen molar-refractivity contribution in [2.45, 2.75) is 58.0 Å². The molecule has 0 saturated heterocycles. The third kappa shape index (κ3) is 5.44. The molecule has 1 aromatic rings. The quantitative estimate of drug-likeness (QED) is 0.422. The number of rotatable bonds is 11. The third-order valence-electron chi connectivity index (χ3n) is 4.70. The van der Waals surface area contributed by atoms with Crippen LogP contribution in [-0.2, 0) is 24.6 Å². The summed E-state index contributed by atoms with van der Waals surface area (Å²) in [5, 5.41) is 0. The maximum Gasteiger partial charge on any atom is 0.500 e. The molecule has 148 valence electrons. The summed E-state index contributed by atoms with van der Waals surface area (Å²) in [6.45, 7) is 5.29. The van der Waals surface area contributed by atoms with Crippen molar-refractivity contribution in [3.8, 4) is 11.5 Å². The zero-order valence-corrected chi connectivity index (χ0v) is 17.6. The highest BCUT2D eigenvalue weighted by molar-refractivity contribution is 6.60. The topological polar surface area (TPSA) is 55.4 Å². The van der Waals surface area contributed by atoms with Gasteiger partial charge in [0.15, 0.2) is 0 Å². The lowest BCUT2D eigenvalue weighted by Gasteiger charge is -2.35. The van der Waals surface area contributed by atoms with Crippen molar-refractivity contribution in [3.63, 3.8) is 0 Å². The first-order valence-electron chi connectivity index (χ1n) is 9.24. The fraction of sp³-hybridized carbons (Fsp3) is 0.684. The highest BCUT2D eigenvalue weighted by Crippen LogP contribution is 2.36. The van der Waals surface area contributed by atoms with E-state index < -0.39 is 14.6 Å². The van der Waals surface area contributed by atoms with Gasteiger partial charge in [0.1, 0.15) is 11.5 Å². The van der Waals surface area contributed by atoms with Crippen LogP contribution in [0.4, 0.5) is 0 Å². The Morgan fingerprint density at radius 3 is 2.50 bits per heavy atom. The standard InChI is InChI=1S/C19H32O6Si/c1-6-7-11-19(2)24-15-16-14-17(9-10-18(16)25-19)23-12-8-13-26(20-3,21-4)22-5/h9-10,14H,6-8,11-13,15H2,1-5H3. The average molecular weight is 385 g/mol. The first kappa shape index (κ1) is 21.2. The zero-order valence-electron chi connectivity index (χ0n) is 16.6. The van der Waals surface area contributed by atoms with E-state index in [1.54, 1.807) is 21.3 Å². The highest BCUT2D eigenvalue weighted by atomic mass is 28.4. The van der Waals surface area contributed by atoms with Crippen LogP contribution in [0.5, 0.6) is 11.5 Å². The smallest absolute Gasteiger partial charge is 0.494 e. The van der Waals surface area contributed by atoms with Gasteiger partial charge in [-0.05, 0) is 31.0 Å². The number of benzene rings is 1. The monoisotopic (exact) mass is 384 g/mol. The van der Waals surface area contributed by atoms with E-state index in [0.717, 1.165) is 42.7 Å². The van der Waals surface area contributed by atoms with Gasteiger partial charge in [-0.3, -0.25) is 0 Å². The molecule has 1 unspecified atom stereocenters. The van der Waals surface area contributed by atoms with E-state index in [2.05, 4.69) is 6.92 Å². The van der Waals surface area contributed by atoms with Gasteiger partial charge in [-0.2, -0.15) is 0 Å². The van der Waals surface area contributed by atoms with Crippen LogP contribution in [0.25, 0.3) is 0 Å². The Morgan fingerprint density at radius 2 is 1.85 bits per heavy atom. The Labute approximate surface area is 158 Å². The summed E-state index contributed by atoms with van der Waals surface area (Å²) in [5.74, 6) is 1.17. The first-order chi connectivity index (χ1) is 12.5. The van der Waals surface area contributed by atoms with Gasteiger partial charge in [-0.15, -0.1) is 0 Å². The minimum absolute atomic E-state index is 0.528. The van der Waals surface area contributed by atoms with Crippen LogP contribution in [0, 0.1) is 0 Å². The van der Waals surface area contributed by atoms with Crippen molar-refractivity contribution in [2.24, 2.45) is 0 Å². The molecule has 2 rings (SSSR count). The minimum atomic E-state index is -2.53. The van der Waals surface area contributed by atoms with E-state index in [4.69, 9.17) is 27.5 Å². The molecule has 0 bridgehead atoms. The third-order valence-corrected chi connectivity index (χ3v) is 7.54. The molecule has 0 fully saturated rings. The lowest BCUT2D eigenvalue weighted by molar-refractivity contribution is -0.198. The molecule has 1 aromatic carbocycles. The molecule has 7 heteroatoms. The van der Waals surface area contributed by atoms with E-state index in [1.165, 1.54) is 0 Å². The van der Waals surface area contributed by atoms with Crippen molar-refractivity contribution in [1.82, 2.24) is 0 Å². The molecule has 26 heavy (non-hydrogen) atoms. The lowest BCUT2D eigenvalue weighted by Crippen LogP contribution is -2.42. The second kappa shape index (κ2) is 9.71. The van der Waals surface area contributed by atoms with E-state index >= 15 is 0 Å². The molecule has 1 heterocycles. The summed E-state index contributed by atoms with van der Waals surface area (Å²) < 4.78 is 34.1. The van der Waals surface area contributed by atoms with Crippen molar-refractivity contribution >= 4 is 8.80 Å². The number of hydrogen-bond acceptors (Lipinski definition) is 6. The Balaban J connectivity index is 1.86. The summed E-state index contributed by atoms with van der Waals surface area (Å²) in [5.41, 5.74) is 1.02. The molecule has 1 atom stereocenters. The second-order valence-electron chi connectivity index (χ2n) is 6.65. The van der Waals surface area contributed by atoms with Crippen molar-refractivity contribution in [2.75, 3.05) is 27.9 Å². The molecule has 0 radical (unpaired) electrons. The van der Waals surface area contributed by atoms with Gasteiger partial charge in [0.2, 0.25) is 5.79 Å².